The minimum atomic E-state index is -0.812. The quantitative estimate of drug-likeness (QED) is 0.747. The van der Waals surface area contributed by atoms with Crippen molar-refractivity contribution in [2.45, 2.75) is 25.5 Å². The number of nitrogens with one attached hydrogen (secondary N) is 1. The van der Waals surface area contributed by atoms with Crippen molar-refractivity contribution < 1.29 is 22.8 Å². The van der Waals surface area contributed by atoms with E-state index >= 15 is 0 Å². The van der Waals surface area contributed by atoms with Crippen LogP contribution in [-0.4, -0.2) is 17.1 Å². The van der Waals surface area contributed by atoms with Crippen LogP contribution >= 0.6 is 0 Å². The average Bonchev–Trinajstić information content (AvgIpc) is 3.27. The van der Waals surface area contributed by atoms with Crippen LogP contribution in [0.4, 0.5) is 8.78 Å². The lowest BCUT2D eigenvalue weighted by atomic mass is 10.1. The molecule has 0 aliphatic heterocycles. The number of hydrogen-bond donors (Lipinski definition) is 1. The molecule has 5 nitrogen and oxygen atoms in total. The van der Waals surface area contributed by atoms with Crippen molar-refractivity contribution in [2.75, 3.05) is 0 Å². The van der Waals surface area contributed by atoms with Crippen LogP contribution in [0.5, 0.6) is 5.75 Å². The zero-order valence-corrected chi connectivity index (χ0v) is 14.2. The minimum absolute atomic E-state index is 0.00110. The molecule has 1 aliphatic carbocycles. The topological polar surface area (TPSA) is 64.4 Å². The third-order valence-electron chi connectivity index (χ3n) is 4.46. The van der Waals surface area contributed by atoms with Gasteiger partial charge in [0.15, 0.2) is 28.8 Å². The van der Waals surface area contributed by atoms with Crippen molar-refractivity contribution in [2.24, 2.45) is 0 Å². The Labute approximate surface area is 153 Å². The number of hydrogen-bond acceptors (Lipinski definition) is 4. The van der Waals surface area contributed by atoms with Crippen molar-refractivity contribution in [3.8, 4) is 5.75 Å². The number of ether oxygens (including phenoxy) is 1. The maximum absolute atomic E-state index is 13.6. The zero-order chi connectivity index (χ0) is 18.8. The third kappa shape index (κ3) is 3.67. The number of benzene rings is 2. The van der Waals surface area contributed by atoms with Crippen LogP contribution in [0.1, 0.15) is 27.4 Å². The molecular weight excluding hydrogens is 354 g/mol. The van der Waals surface area contributed by atoms with Gasteiger partial charge in [0.2, 0.25) is 0 Å². The van der Waals surface area contributed by atoms with E-state index in [1.165, 1.54) is 23.3 Å². The highest BCUT2D eigenvalue weighted by atomic mass is 19.1. The van der Waals surface area contributed by atoms with Crippen LogP contribution < -0.4 is 10.1 Å². The van der Waals surface area contributed by atoms with Gasteiger partial charge >= 0.3 is 0 Å². The molecule has 3 aromatic rings. The summed E-state index contributed by atoms with van der Waals surface area (Å²) in [5.74, 6) is -2.29. The first-order valence-electron chi connectivity index (χ1n) is 8.50. The van der Waals surface area contributed by atoms with Crippen molar-refractivity contribution in [3.05, 3.63) is 82.7 Å². The number of nitrogens with zero attached hydrogens (tertiary/aromatic N) is 1. The summed E-state index contributed by atoms with van der Waals surface area (Å²) in [6.07, 6.45) is 1.53. The molecule has 2 aromatic carbocycles. The Morgan fingerprint density at radius 3 is 2.44 bits per heavy atom. The van der Waals surface area contributed by atoms with E-state index in [-0.39, 0.29) is 30.0 Å². The van der Waals surface area contributed by atoms with E-state index in [2.05, 4.69) is 22.6 Å². The first-order valence-corrected chi connectivity index (χ1v) is 8.50. The average molecular weight is 370 g/mol. The van der Waals surface area contributed by atoms with E-state index < -0.39 is 17.4 Å². The molecule has 1 aliphatic rings. The lowest BCUT2D eigenvalue weighted by Crippen LogP contribution is -2.35. The lowest BCUT2D eigenvalue weighted by Gasteiger charge is -2.10. The highest BCUT2D eigenvalue weighted by Gasteiger charge is 2.24. The number of fused-ring (bicyclic) bond motifs is 1. The first-order chi connectivity index (χ1) is 13.1. The molecule has 138 valence electrons. The number of aromatic nitrogens is 1. The predicted octanol–water partition coefficient (Wildman–Crippen LogP) is 3.43. The summed E-state index contributed by atoms with van der Waals surface area (Å²) in [5.41, 5.74) is 2.55. The Morgan fingerprint density at radius 1 is 1.11 bits per heavy atom. The molecule has 1 heterocycles. The molecule has 0 unspecified atom stereocenters. The van der Waals surface area contributed by atoms with Crippen LogP contribution in [0.2, 0.25) is 0 Å². The van der Waals surface area contributed by atoms with Crippen LogP contribution in [0.15, 0.2) is 53.1 Å². The van der Waals surface area contributed by atoms with Crippen molar-refractivity contribution >= 4 is 5.91 Å². The smallest absolute Gasteiger partial charge is 0.273 e. The van der Waals surface area contributed by atoms with Gasteiger partial charge in [0, 0.05) is 12.1 Å². The second-order valence-corrected chi connectivity index (χ2v) is 6.37. The number of carbonyl (C=O) groups is 1. The second kappa shape index (κ2) is 7.19. The van der Waals surface area contributed by atoms with Gasteiger partial charge in [-0.05, 0) is 36.1 Å². The summed E-state index contributed by atoms with van der Waals surface area (Å²) in [7, 11) is 0. The van der Waals surface area contributed by atoms with E-state index in [1.54, 1.807) is 0 Å². The molecule has 0 fully saturated rings. The summed E-state index contributed by atoms with van der Waals surface area (Å²) < 4.78 is 37.2. The summed E-state index contributed by atoms with van der Waals surface area (Å²) >= 11 is 0. The van der Waals surface area contributed by atoms with Gasteiger partial charge in [0.25, 0.3) is 5.91 Å². The highest BCUT2D eigenvalue weighted by molar-refractivity contribution is 5.92. The summed E-state index contributed by atoms with van der Waals surface area (Å²) in [6, 6.07) is 12.9. The molecule has 27 heavy (non-hydrogen) atoms. The lowest BCUT2D eigenvalue weighted by molar-refractivity contribution is 0.0929. The molecule has 0 radical (unpaired) electrons. The largest absolute Gasteiger partial charge is 0.479 e. The van der Waals surface area contributed by atoms with Gasteiger partial charge in [-0.25, -0.2) is 8.78 Å². The third-order valence-corrected chi connectivity index (χ3v) is 4.46. The number of rotatable bonds is 5. The zero-order valence-electron chi connectivity index (χ0n) is 14.2. The first kappa shape index (κ1) is 17.2. The molecule has 1 N–H and O–H groups in total. The van der Waals surface area contributed by atoms with Crippen LogP contribution in [0.3, 0.4) is 0 Å². The van der Waals surface area contributed by atoms with Gasteiger partial charge < -0.3 is 14.6 Å². The van der Waals surface area contributed by atoms with E-state index in [0.29, 0.717) is 0 Å². The predicted molar refractivity (Wildman–Crippen MR) is 92.3 cm³/mol. The molecule has 0 spiro atoms. The fourth-order valence-corrected chi connectivity index (χ4v) is 3.17. The minimum Gasteiger partial charge on any atom is -0.479 e. The normalized spacial score (nSPS) is 13.4. The molecule has 0 bridgehead atoms. The van der Waals surface area contributed by atoms with Crippen LogP contribution in [0.25, 0.3) is 0 Å². The maximum atomic E-state index is 13.6. The van der Waals surface area contributed by atoms with Crippen LogP contribution in [-0.2, 0) is 19.4 Å². The maximum Gasteiger partial charge on any atom is 0.273 e. The Balaban J connectivity index is 1.36. The van der Waals surface area contributed by atoms with E-state index in [4.69, 9.17) is 9.26 Å². The standard InChI is InChI=1S/C20H16F2N2O3/c21-16-6-3-7-17(22)19(16)26-11-15-10-18(24-27-15)20(25)23-14-8-12-4-1-2-5-13(12)9-14/h1-7,10,14H,8-9,11H2,(H,23,25). The second-order valence-electron chi connectivity index (χ2n) is 6.37. The van der Waals surface area contributed by atoms with E-state index in [9.17, 15) is 13.6 Å². The summed E-state index contributed by atoms with van der Waals surface area (Å²) in [4.78, 5) is 12.4. The SMILES string of the molecule is O=C(NC1Cc2ccccc2C1)c1cc(COc2c(F)cccc2F)on1. The van der Waals surface area contributed by atoms with Crippen molar-refractivity contribution in [1.29, 1.82) is 0 Å². The number of para-hydroxylation sites is 1. The summed E-state index contributed by atoms with van der Waals surface area (Å²) in [6.45, 7) is -0.243. The van der Waals surface area contributed by atoms with E-state index in [0.717, 1.165) is 25.0 Å². The molecule has 0 saturated carbocycles. The molecule has 1 amide bonds. The molecule has 0 saturated heterocycles. The Morgan fingerprint density at radius 2 is 1.78 bits per heavy atom. The summed E-state index contributed by atoms with van der Waals surface area (Å²) in [5, 5.41) is 6.64. The van der Waals surface area contributed by atoms with Crippen molar-refractivity contribution in [1.82, 2.24) is 10.5 Å². The van der Waals surface area contributed by atoms with E-state index in [1.807, 2.05) is 12.1 Å². The number of halogens is 2. The van der Waals surface area contributed by atoms with Gasteiger partial charge in [0.1, 0.15) is 6.61 Å². The Bertz CT molecular complexity index is 942. The molecule has 1 aromatic heterocycles. The fraction of sp³-hybridized carbons (Fsp3) is 0.200. The number of amides is 1. The number of carbonyl (C=O) groups excluding carboxylic acids is 1. The van der Waals surface area contributed by atoms with Gasteiger partial charge in [-0.1, -0.05) is 35.5 Å². The Hall–Kier alpha value is -3.22. The molecular formula is C20H16F2N2O3. The monoisotopic (exact) mass is 370 g/mol. The van der Waals surface area contributed by atoms with Gasteiger partial charge in [0.05, 0.1) is 0 Å². The van der Waals surface area contributed by atoms with Gasteiger partial charge in [-0.2, -0.15) is 0 Å². The highest BCUT2D eigenvalue weighted by Crippen LogP contribution is 2.23. The van der Waals surface area contributed by atoms with Crippen LogP contribution in [0, 0.1) is 11.6 Å². The molecule has 4 rings (SSSR count). The Kier molecular flexibility index (Phi) is 4.58. The molecule has 0 atom stereocenters. The molecule has 7 heteroatoms. The fourth-order valence-electron chi connectivity index (χ4n) is 3.17. The van der Waals surface area contributed by atoms with Gasteiger partial charge in [-0.15, -0.1) is 0 Å². The van der Waals surface area contributed by atoms with Gasteiger partial charge in [-0.3, -0.25) is 4.79 Å². The van der Waals surface area contributed by atoms with Crippen molar-refractivity contribution in [3.63, 3.8) is 0 Å².